The van der Waals surface area contributed by atoms with Crippen LogP contribution < -0.4 is 20.1 Å². The predicted octanol–water partition coefficient (Wildman–Crippen LogP) is 3.05. The molecule has 0 spiro atoms. The second-order valence-corrected chi connectivity index (χ2v) is 8.20. The number of aliphatic imine (C=N–C) groups is 1. The molecule has 0 saturated carbocycles. The van der Waals surface area contributed by atoms with Gasteiger partial charge in [0.25, 0.3) is 0 Å². The van der Waals surface area contributed by atoms with E-state index in [-0.39, 0.29) is 5.54 Å². The van der Waals surface area contributed by atoms with Gasteiger partial charge in [-0.25, -0.2) is 4.98 Å². The van der Waals surface area contributed by atoms with E-state index in [0.29, 0.717) is 24.8 Å². The van der Waals surface area contributed by atoms with Gasteiger partial charge in [0, 0.05) is 51.0 Å². The number of hydrogen-bond donors (Lipinski definition) is 2. The molecular weight excluding hydrogens is 406 g/mol. The van der Waals surface area contributed by atoms with E-state index in [2.05, 4.69) is 39.4 Å². The van der Waals surface area contributed by atoms with Crippen LogP contribution in [0.3, 0.4) is 0 Å². The summed E-state index contributed by atoms with van der Waals surface area (Å²) >= 11 is 0. The van der Waals surface area contributed by atoms with Crippen LogP contribution >= 0.6 is 0 Å². The summed E-state index contributed by atoms with van der Waals surface area (Å²) in [5.41, 5.74) is 1.06. The van der Waals surface area contributed by atoms with Crippen molar-refractivity contribution in [2.24, 2.45) is 4.99 Å². The number of hydrogen-bond acceptors (Lipinski definition) is 6. The van der Waals surface area contributed by atoms with Crippen molar-refractivity contribution in [2.45, 2.75) is 32.9 Å². The Balaban J connectivity index is 1.50. The van der Waals surface area contributed by atoms with Gasteiger partial charge < -0.3 is 24.8 Å². The molecule has 1 aliphatic heterocycles. The second kappa shape index (κ2) is 11.7. The van der Waals surface area contributed by atoms with Crippen molar-refractivity contribution in [1.82, 2.24) is 20.5 Å². The number of nitrogens with zero attached hydrogens (tertiary/aromatic N) is 3. The predicted molar refractivity (Wildman–Crippen MR) is 127 cm³/mol. The molecule has 32 heavy (non-hydrogen) atoms. The van der Waals surface area contributed by atoms with Crippen LogP contribution in [0.1, 0.15) is 26.3 Å². The molecule has 0 aliphatic carbocycles. The van der Waals surface area contributed by atoms with Crippen LogP contribution in [-0.4, -0.2) is 67.9 Å². The van der Waals surface area contributed by atoms with Crippen LogP contribution in [0.4, 0.5) is 0 Å². The number of pyridine rings is 1. The van der Waals surface area contributed by atoms with Gasteiger partial charge in [0.05, 0.1) is 19.8 Å². The zero-order valence-corrected chi connectivity index (χ0v) is 19.6. The van der Waals surface area contributed by atoms with E-state index in [4.69, 9.17) is 14.2 Å². The van der Waals surface area contributed by atoms with E-state index < -0.39 is 0 Å². The number of guanidine groups is 1. The summed E-state index contributed by atoms with van der Waals surface area (Å²) in [5.74, 6) is 2.84. The fourth-order valence-electron chi connectivity index (χ4n) is 3.49. The summed E-state index contributed by atoms with van der Waals surface area (Å²) in [6, 6.07) is 11.4. The van der Waals surface area contributed by atoms with Crippen LogP contribution in [-0.2, 0) is 11.3 Å². The van der Waals surface area contributed by atoms with Gasteiger partial charge in [-0.15, -0.1) is 0 Å². The molecule has 0 bridgehead atoms. The number of morpholine rings is 1. The summed E-state index contributed by atoms with van der Waals surface area (Å²) in [5, 5.41) is 6.81. The van der Waals surface area contributed by atoms with Crippen LogP contribution in [0.15, 0.2) is 47.6 Å². The van der Waals surface area contributed by atoms with Gasteiger partial charge >= 0.3 is 0 Å². The Morgan fingerprint density at radius 2 is 1.84 bits per heavy atom. The number of aromatic nitrogens is 1. The average molecular weight is 442 g/mol. The minimum atomic E-state index is 0.0107. The molecule has 8 nitrogen and oxygen atoms in total. The Kier molecular flexibility index (Phi) is 8.70. The maximum absolute atomic E-state index is 5.89. The Morgan fingerprint density at radius 3 is 2.53 bits per heavy atom. The first-order chi connectivity index (χ1) is 15.5. The summed E-state index contributed by atoms with van der Waals surface area (Å²) in [4.78, 5) is 11.1. The van der Waals surface area contributed by atoms with Gasteiger partial charge in [-0.3, -0.25) is 9.89 Å². The molecule has 0 amide bonds. The van der Waals surface area contributed by atoms with Crippen molar-refractivity contribution < 1.29 is 14.2 Å². The van der Waals surface area contributed by atoms with Crippen molar-refractivity contribution in [3.8, 4) is 17.4 Å². The van der Waals surface area contributed by atoms with Crippen LogP contribution in [0.5, 0.6) is 17.4 Å². The zero-order chi connectivity index (χ0) is 22.8. The highest BCUT2D eigenvalue weighted by Gasteiger charge is 2.28. The second-order valence-electron chi connectivity index (χ2n) is 8.20. The third kappa shape index (κ3) is 7.10. The molecule has 1 aromatic carbocycles. The standard InChI is InChI=1S/C24H35N5O3/c1-5-31-20-6-8-21(9-7-20)32-22-16-19(10-11-26-22)17-27-23(25-4)28-18-24(2,3)29-12-14-30-15-13-29/h6-11,16H,5,12-15,17-18H2,1-4H3,(H2,25,27,28). The highest BCUT2D eigenvalue weighted by Crippen LogP contribution is 2.23. The quantitative estimate of drug-likeness (QED) is 0.457. The molecule has 2 N–H and O–H groups in total. The van der Waals surface area contributed by atoms with Crippen molar-refractivity contribution in [1.29, 1.82) is 0 Å². The van der Waals surface area contributed by atoms with Gasteiger partial charge in [0.1, 0.15) is 11.5 Å². The molecular formula is C24H35N5O3. The third-order valence-electron chi connectivity index (χ3n) is 5.40. The molecule has 1 aliphatic rings. The Hall–Kier alpha value is -2.84. The first-order valence-corrected chi connectivity index (χ1v) is 11.1. The Labute approximate surface area is 191 Å². The topological polar surface area (TPSA) is 80.2 Å². The lowest BCUT2D eigenvalue weighted by Gasteiger charge is -2.41. The van der Waals surface area contributed by atoms with E-state index in [1.807, 2.05) is 43.3 Å². The Morgan fingerprint density at radius 1 is 1.12 bits per heavy atom. The summed E-state index contributed by atoms with van der Waals surface area (Å²) in [7, 11) is 1.78. The van der Waals surface area contributed by atoms with Gasteiger partial charge in [0.2, 0.25) is 5.88 Å². The van der Waals surface area contributed by atoms with Gasteiger partial charge in [-0.2, -0.15) is 0 Å². The smallest absolute Gasteiger partial charge is 0.219 e. The van der Waals surface area contributed by atoms with Crippen LogP contribution in [0, 0.1) is 0 Å². The number of ether oxygens (including phenoxy) is 3. The van der Waals surface area contributed by atoms with Gasteiger partial charge in [-0.1, -0.05) is 0 Å². The highest BCUT2D eigenvalue weighted by molar-refractivity contribution is 5.79. The Bertz CT molecular complexity index is 864. The molecule has 0 unspecified atom stereocenters. The monoisotopic (exact) mass is 441 g/mol. The lowest BCUT2D eigenvalue weighted by molar-refractivity contribution is -0.00834. The van der Waals surface area contributed by atoms with E-state index in [1.165, 1.54) is 0 Å². The van der Waals surface area contributed by atoms with Crippen molar-refractivity contribution in [3.63, 3.8) is 0 Å². The van der Waals surface area contributed by atoms with Crippen molar-refractivity contribution in [3.05, 3.63) is 48.2 Å². The highest BCUT2D eigenvalue weighted by atomic mass is 16.5. The summed E-state index contributed by atoms with van der Waals surface area (Å²) in [6.45, 7) is 12.0. The molecule has 1 fully saturated rings. The fourth-order valence-corrected chi connectivity index (χ4v) is 3.49. The first kappa shape index (κ1) is 23.8. The molecule has 2 heterocycles. The average Bonchev–Trinajstić information content (AvgIpc) is 2.81. The third-order valence-corrected chi connectivity index (χ3v) is 5.40. The molecule has 8 heteroatoms. The molecule has 0 atom stereocenters. The number of rotatable bonds is 9. The molecule has 0 radical (unpaired) electrons. The first-order valence-electron chi connectivity index (χ1n) is 11.1. The molecule has 2 aromatic rings. The van der Waals surface area contributed by atoms with Gasteiger partial charge in [-0.05, 0) is 56.7 Å². The largest absolute Gasteiger partial charge is 0.494 e. The minimum Gasteiger partial charge on any atom is -0.494 e. The molecule has 1 aromatic heterocycles. The minimum absolute atomic E-state index is 0.0107. The molecule has 3 rings (SSSR count). The normalized spacial score (nSPS) is 15.3. The van der Waals surface area contributed by atoms with Gasteiger partial charge in [0.15, 0.2) is 5.96 Å². The van der Waals surface area contributed by atoms with Crippen LogP contribution in [0.2, 0.25) is 0 Å². The SMILES string of the molecule is CCOc1ccc(Oc2cc(CNC(=NC)NCC(C)(C)N3CCOCC3)ccn2)cc1. The number of benzene rings is 1. The maximum atomic E-state index is 5.89. The van der Waals surface area contributed by atoms with Crippen molar-refractivity contribution >= 4 is 5.96 Å². The molecule has 174 valence electrons. The van der Waals surface area contributed by atoms with E-state index in [9.17, 15) is 0 Å². The maximum Gasteiger partial charge on any atom is 0.219 e. The fraction of sp³-hybridized carbons (Fsp3) is 0.500. The number of nitrogens with one attached hydrogen (secondary N) is 2. The van der Waals surface area contributed by atoms with E-state index in [1.54, 1.807) is 13.2 Å². The van der Waals surface area contributed by atoms with E-state index >= 15 is 0 Å². The summed E-state index contributed by atoms with van der Waals surface area (Å²) < 4.78 is 16.8. The van der Waals surface area contributed by atoms with Crippen molar-refractivity contribution in [2.75, 3.05) is 46.5 Å². The lowest BCUT2D eigenvalue weighted by atomic mass is 10.0. The van der Waals surface area contributed by atoms with Crippen LogP contribution in [0.25, 0.3) is 0 Å². The van der Waals surface area contributed by atoms with E-state index in [0.717, 1.165) is 50.1 Å². The summed E-state index contributed by atoms with van der Waals surface area (Å²) in [6.07, 6.45) is 1.75. The zero-order valence-electron chi connectivity index (χ0n) is 19.6. The molecule has 1 saturated heterocycles. The lowest BCUT2D eigenvalue weighted by Crippen LogP contribution is -2.56.